The van der Waals surface area contributed by atoms with Crippen LogP contribution in [0.3, 0.4) is 0 Å². The molecule has 1 amide bonds. The molecule has 2 heterocycles. The Hall–Kier alpha value is -2.34. The van der Waals surface area contributed by atoms with Crippen LogP contribution < -0.4 is 5.32 Å². The fourth-order valence-corrected chi connectivity index (χ4v) is 3.84. The van der Waals surface area contributed by atoms with Crippen LogP contribution in [-0.2, 0) is 11.2 Å². The second kappa shape index (κ2) is 7.11. The summed E-state index contributed by atoms with van der Waals surface area (Å²) in [6.07, 6.45) is 2.19. The molecule has 0 bridgehead atoms. The van der Waals surface area contributed by atoms with Gasteiger partial charge in [-0.05, 0) is 30.3 Å². The van der Waals surface area contributed by atoms with Gasteiger partial charge in [-0.25, -0.2) is 4.98 Å². The van der Waals surface area contributed by atoms with E-state index in [2.05, 4.69) is 10.3 Å². The zero-order valence-electron chi connectivity index (χ0n) is 13.4. The Morgan fingerprint density at radius 2 is 1.92 bits per heavy atom. The summed E-state index contributed by atoms with van der Waals surface area (Å²) in [6.45, 7) is 0. The van der Waals surface area contributed by atoms with Gasteiger partial charge in [-0.1, -0.05) is 41.4 Å². The first-order chi connectivity index (χ1) is 12.6. The SMILES string of the molecule is O=C(Cc1csc2nc(-c3ccc(Cl)cc3)cn12)Nc1cccc(Cl)c1. The third-order valence-electron chi connectivity index (χ3n) is 3.87. The predicted molar refractivity (Wildman–Crippen MR) is 107 cm³/mol. The van der Waals surface area contributed by atoms with Gasteiger partial charge in [0.25, 0.3) is 0 Å². The number of halogens is 2. The lowest BCUT2D eigenvalue weighted by Crippen LogP contribution is -2.15. The summed E-state index contributed by atoms with van der Waals surface area (Å²) >= 11 is 13.4. The number of hydrogen-bond acceptors (Lipinski definition) is 3. The van der Waals surface area contributed by atoms with Gasteiger partial charge < -0.3 is 5.32 Å². The zero-order valence-corrected chi connectivity index (χ0v) is 15.8. The van der Waals surface area contributed by atoms with E-state index in [1.54, 1.807) is 18.2 Å². The number of rotatable bonds is 4. The summed E-state index contributed by atoms with van der Waals surface area (Å²) < 4.78 is 1.95. The third-order valence-corrected chi connectivity index (χ3v) is 5.25. The second-order valence-corrected chi connectivity index (χ2v) is 7.46. The minimum atomic E-state index is -0.103. The molecule has 0 fully saturated rings. The Morgan fingerprint density at radius 3 is 2.69 bits per heavy atom. The number of aromatic nitrogens is 2. The summed E-state index contributed by atoms with van der Waals surface area (Å²) in [5.74, 6) is -0.103. The first-order valence-electron chi connectivity index (χ1n) is 7.85. The number of nitrogens with one attached hydrogen (secondary N) is 1. The number of benzene rings is 2. The highest BCUT2D eigenvalue weighted by molar-refractivity contribution is 7.15. The molecule has 26 heavy (non-hydrogen) atoms. The Bertz CT molecular complexity index is 1090. The number of hydrogen-bond donors (Lipinski definition) is 1. The molecule has 1 N–H and O–H groups in total. The Morgan fingerprint density at radius 1 is 1.12 bits per heavy atom. The first kappa shape index (κ1) is 17.1. The number of thiazole rings is 1. The van der Waals surface area contributed by atoms with E-state index in [4.69, 9.17) is 23.2 Å². The van der Waals surface area contributed by atoms with Crippen LogP contribution >= 0.6 is 34.5 Å². The van der Waals surface area contributed by atoms with Gasteiger partial charge >= 0.3 is 0 Å². The van der Waals surface area contributed by atoms with E-state index in [-0.39, 0.29) is 12.3 Å². The minimum absolute atomic E-state index is 0.103. The van der Waals surface area contributed by atoms with E-state index in [9.17, 15) is 4.79 Å². The normalized spacial score (nSPS) is 11.0. The van der Waals surface area contributed by atoms with Crippen LogP contribution in [0, 0.1) is 0 Å². The van der Waals surface area contributed by atoms with E-state index >= 15 is 0 Å². The van der Waals surface area contributed by atoms with Crippen molar-refractivity contribution in [3.8, 4) is 11.3 Å². The molecular weight excluding hydrogens is 389 g/mol. The molecule has 4 nitrogen and oxygen atoms in total. The average Bonchev–Trinajstić information content (AvgIpc) is 3.18. The Kier molecular flexibility index (Phi) is 4.68. The lowest BCUT2D eigenvalue weighted by Gasteiger charge is -2.05. The number of carbonyl (C=O) groups is 1. The van der Waals surface area contributed by atoms with Crippen LogP contribution in [0.15, 0.2) is 60.1 Å². The number of anilines is 1. The van der Waals surface area contributed by atoms with Crippen molar-refractivity contribution in [2.75, 3.05) is 5.32 Å². The Balaban J connectivity index is 1.55. The van der Waals surface area contributed by atoms with Gasteiger partial charge in [0.05, 0.1) is 12.1 Å². The largest absolute Gasteiger partial charge is 0.326 e. The van der Waals surface area contributed by atoms with Gasteiger partial charge in [0.1, 0.15) is 0 Å². The molecule has 4 rings (SSSR count). The quantitative estimate of drug-likeness (QED) is 0.487. The van der Waals surface area contributed by atoms with Gasteiger partial charge in [-0.2, -0.15) is 0 Å². The molecule has 0 aliphatic carbocycles. The van der Waals surface area contributed by atoms with Crippen molar-refractivity contribution in [1.29, 1.82) is 0 Å². The molecule has 0 saturated heterocycles. The van der Waals surface area contributed by atoms with E-state index in [0.717, 1.165) is 21.9 Å². The standard InChI is InChI=1S/C19H13Cl2N3OS/c20-13-6-4-12(5-7-13)17-10-24-16(11-26-19(24)23-17)9-18(25)22-15-3-1-2-14(21)8-15/h1-8,10-11H,9H2,(H,22,25). The molecule has 0 aliphatic heterocycles. The van der Waals surface area contributed by atoms with Crippen LogP contribution in [0.2, 0.25) is 10.0 Å². The van der Waals surface area contributed by atoms with Crippen LogP contribution in [0.25, 0.3) is 16.2 Å². The molecule has 2 aromatic carbocycles. The number of carbonyl (C=O) groups excluding carboxylic acids is 1. The second-order valence-electron chi connectivity index (χ2n) is 5.75. The van der Waals surface area contributed by atoms with Crippen molar-refractivity contribution < 1.29 is 4.79 Å². The highest BCUT2D eigenvalue weighted by Gasteiger charge is 2.13. The molecule has 0 aliphatic rings. The zero-order chi connectivity index (χ0) is 18.1. The molecule has 7 heteroatoms. The monoisotopic (exact) mass is 401 g/mol. The lowest BCUT2D eigenvalue weighted by atomic mass is 10.2. The highest BCUT2D eigenvalue weighted by Crippen LogP contribution is 2.25. The van der Waals surface area contributed by atoms with E-state index in [1.165, 1.54) is 11.3 Å². The maximum atomic E-state index is 12.4. The fourth-order valence-electron chi connectivity index (χ4n) is 2.65. The summed E-state index contributed by atoms with van der Waals surface area (Å²) in [7, 11) is 0. The smallest absolute Gasteiger partial charge is 0.230 e. The predicted octanol–water partition coefficient (Wildman–Crippen LogP) is 5.55. The van der Waals surface area contributed by atoms with Gasteiger partial charge in [0, 0.05) is 38.6 Å². The maximum absolute atomic E-state index is 12.4. The van der Waals surface area contributed by atoms with Crippen molar-refractivity contribution >= 4 is 51.1 Å². The molecule has 0 unspecified atom stereocenters. The molecule has 2 aromatic heterocycles. The van der Waals surface area contributed by atoms with Crippen LogP contribution in [0.5, 0.6) is 0 Å². The number of imidazole rings is 1. The minimum Gasteiger partial charge on any atom is -0.326 e. The average molecular weight is 402 g/mol. The topological polar surface area (TPSA) is 46.4 Å². The molecule has 0 atom stereocenters. The summed E-state index contributed by atoms with van der Waals surface area (Å²) in [4.78, 5) is 17.8. The van der Waals surface area contributed by atoms with Crippen molar-refractivity contribution in [1.82, 2.24) is 9.38 Å². The first-order valence-corrected chi connectivity index (χ1v) is 9.49. The van der Waals surface area contributed by atoms with Crippen molar-refractivity contribution in [3.63, 3.8) is 0 Å². The van der Waals surface area contributed by atoms with Gasteiger partial charge in [0.2, 0.25) is 5.91 Å². The maximum Gasteiger partial charge on any atom is 0.230 e. The van der Waals surface area contributed by atoms with E-state index < -0.39 is 0 Å². The van der Waals surface area contributed by atoms with Gasteiger partial charge in [-0.3, -0.25) is 9.20 Å². The van der Waals surface area contributed by atoms with Crippen LogP contribution in [-0.4, -0.2) is 15.3 Å². The molecule has 130 valence electrons. The molecule has 0 spiro atoms. The summed E-state index contributed by atoms with van der Waals surface area (Å²) in [5, 5.41) is 6.09. The van der Waals surface area contributed by atoms with E-state index in [0.29, 0.717) is 15.7 Å². The molecule has 0 radical (unpaired) electrons. The van der Waals surface area contributed by atoms with Gasteiger partial charge in [-0.15, -0.1) is 11.3 Å². The molecular formula is C19H13Cl2N3OS. The summed E-state index contributed by atoms with van der Waals surface area (Å²) in [6, 6.07) is 14.6. The number of fused-ring (bicyclic) bond motifs is 1. The van der Waals surface area contributed by atoms with Crippen molar-refractivity contribution in [2.24, 2.45) is 0 Å². The highest BCUT2D eigenvalue weighted by atomic mass is 35.5. The van der Waals surface area contributed by atoms with E-state index in [1.807, 2.05) is 46.3 Å². The third kappa shape index (κ3) is 3.60. The molecule has 4 aromatic rings. The summed E-state index contributed by atoms with van der Waals surface area (Å²) in [5.41, 5.74) is 3.41. The van der Waals surface area contributed by atoms with Crippen molar-refractivity contribution in [2.45, 2.75) is 6.42 Å². The molecule has 0 saturated carbocycles. The van der Waals surface area contributed by atoms with Crippen molar-refractivity contribution in [3.05, 3.63) is 75.8 Å². The lowest BCUT2D eigenvalue weighted by molar-refractivity contribution is -0.115. The van der Waals surface area contributed by atoms with Crippen LogP contribution in [0.4, 0.5) is 5.69 Å². The Labute approximate surface area is 164 Å². The van der Waals surface area contributed by atoms with Crippen LogP contribution in [0.1, 0.15) is 5.69 Å². The van der Waals surface area contributed by atoms with Gasteiger partial charge in [0.15, 0.2) is 4.96 Å². The number of nitrogens with zero attached hydrogens (tertiary/aromatic N) is 2. The fraction of sp³-hybridized carbons (Fsp3) is 0.0526. The number of amides is 1.